The zero-order valence-electron chi connectivity index (χ0n) is 14.7. The Kier molecular flexibility index (Phi) is 6.34. The van der Waals surface area contributed by atoms with Crippen LogP contribution in [0.2, 0.25) is 10.0 Å². The van der Waals surface area contributed by atoms with Crippen LogP contribution in [0.3, 0.4) is 0 Å². The molecule has 6 heteroatoms. The fourth-order valence-electron chi connectivity index (χ4n) is 2.91. The van der Waals surface area contributed by atoms with Crippen molar-refractivity contribution >= 4 is 40.8 Å². The Morgan fingerprint density at radius 2 is 1.25 bits per heavy atom. The van der Waals surface area contributed by atoms with E-state index in [4.69, 9.17) is 28.3 Å². The van der Waals surface area contributed by atoms with E-state index in [0.29, 0.717) is 15.7 Å². The van der Waals surface area contributed by atoms with Crippen LogP contribution in [-0.2, 0) is 4.79 Å². The standard InChI is InChI=1S/C22H17Cl2NO3/c23-17-7-1-14(2-8-17)20(15-3-9-18(24)10-4-15)13-21(26)25-19-11-5-16(6-12-19)22(27)28/h1-12,20H,13H2,(H,25,26)(H,27,28). The van der Waals surface area contributed by atoms with E-state index in [9.17, 15) is 9.59 Å². The van der Waals surface area contributed by atoms with E-state index >= 15 is 0 Å². The van der Waals surface area contributed by atoms with Crippen LogP contribution in [0.15, 0.2) is 72.8 Å². The van der Waals surface area contributed by atoms with E-state index in [2.05, 4.69) is 5.32 Å². The van der Waals surface area contributed by atoms with Crippen LogP contribution >= 0.6 is 23.2 Å². The molecule has 1 amide bonds. The van der Waals surface area contributed by atoms with E-state index < -0.39 is 5.97 Å². The van der Waals surface area contributed by atoms with Gasteiger partial charge in [0, 0.05) is 28.1 Å². The van der Waals surface area contributed by atoms with Crippen LogP contribution in [0.5, 0.6) is 0 Å². The van der Waals surface area contributed by atoms with Crippen molar-refractivity contribution in [2.45, 2.75) is 12.3 Å². The Labute approximate surface area is 172 Å². The maximum atomic E-state index is 12.6. The van der Waals surface area contributed by atoms with Crippen LogP contribution in [0.1, 0.15) is 33.8 Å². The maximum absolute atomic E-state index is 12.6. The third-order valence-corrected chi connectivity index (χ3v) is 4.85. The summed E-state index contributed by atoms with van der Waals surface area (Å²) in [6, 6.07) is 20.8. The average Bonchev–Trinajstić information content (AvgIpc) is 2.68. The van der Waals surface area contributed by atoms with Crippen molar-refractivity contribution in [1.29, 1.82) is 0 Å². The number of carboxylic acid groups (broad SMARTS) is 1. The molecule has 0 atom stereocenters. The van der Waals surface area contributed by atoms with E-state index in [0.717, 1.165) is 11.1 Å². The van der Waals surface area contributed by atoms with Gasteiger partial charge >= 0.3 is 5.97 Å². The first-order chi connectivity index (χ1) is 13.4. The molecule has 0 saturated carbocycles. The van der Waals surface area contributed by atoms with Crippen LogP contribution in [0.4, 0.5) is 5.69 Å². The molecule has 0 unspecified atom stereocenters. The number of carbonyl (C=O) groups excluding carboxylic acids is 1. The van der Waals surface area contributed by atoms with Crippen LogP contribution in [0.25, 0.3) is 0 Å². The largest absolute Gasteiger partial charge is 0.478 e. The van der Waals surface area contributed by atoms with Gasteiger partial charge in [-0.3, -0.25) is 4.79 Å². The second-order valence-electron chi connectivity index (χ2n) is 6.29. The second kappa shape index (κ2) is 8.91. The quantitative estimate of drug-likeness (QED) is 0.532. The molecule has 142 valence electrons. The molecule has 0 aliphatic rings. The highest BCUT2D eigenvalue weighted by molar-refractivity contribution is 6.30. The Balaban J connectivity index is 1.80. The zero-order chi connectivity index (χ0) is 20.1. The van der Waals surface area contributed by atoms with Gasteiger partial charge in [-0.25, -0.2) is 4.79 Å². The maximum Gasteiger partial charge on any atom is 0.335 e. The molecule has 0 fully saturated rings. The van der Waals surface area contributed by atoms with Gasteiger partial charge in [-0.2, -0.15) is 0 Å². The highest BCUT2D eigenvalue weighted by Crippen LogP contribution is 2.30. The summed E-state index contributed by atoms with van der Waals surface area (Å²) >= 11 is 12.0. The normalized spacial score (nSPS) is 10.7. The van der Waals surface area contributed by atoms with Crippen molar-refractivity contribution in [3.05, 3.63) is 99.5 Å². The molecule has 0 radical (unpaired) electrons. The lowest BCUT2D eigenvalue weighted by Gasteiger charge is -2.18. The fourth-order valence-corrected chi connectivity index (χ4v) is 3.16. The smallest absolute Gasteiger partial charge is 0.335 e. The molecule has 0 bridgehead atoms. The number of benzene rings is 3. The Bertz CT molecular complexity index is 923. The number of aromatic carboxylic acids is 1. The molecule has 0 spiro atoms. The number of amides is 1. The lowest BCUT2D eigenvalue weighted by molar-refractivity contribution is -0.116. The number of nitrogens with one attached hydrogen (secondary N) is 1. The molecule has 3 aromatic rings. The minimum Gasteiger partial charge on any atom is -0.478 e. The molecule has 3 rings (SSSR count). The molecular weight excluding hydrogens is 397 g/mol. The molecule has 0 aliphatic heterocycles. The van der Waals surface area contributed by atoms with Gasteiger partial charge in [-0.1, -0.05) is 47.5 Å². The van der Waals surface area contributed by atoms with Gasteiger partial charge in [-0.05, 0) is 59.7 Å². The molecule has 2 N–H and O–H groups in total. The highest BCUT2D eigenvalue weighted by Gasteiger charge is 2.19. The highest BCUT2D eigenvalue weighted by atomic mass is 35.5. The van der Waals surface area contributed by atoms with Gasteiger partial charge in [-0.15, -0.1) is 0 Å². The summed E-state index contributed by atoms with van der Waals surface area (Å²) < 4.78 is 0. The van der Waals surface area contributed by atoms with Crippen molar-refractivity contribution in [2.24, 2.45) is 0 Å². The summed E-state index contributed by atoms with van der Waals surface area (Å²) in [6.45, 7) is 0. The Hall–Kier alpha value is -2.82. The summed E-state index contributed by atoms with van der Waals surface area (Å²) in [5.41, 5.74) is 2.63. The van der Waals surface area contributed by atoms with Gasteiger partial charge in [0.05, 0.1) is 5.56 Å². The number of hydrogen-bond donors (Lipinski definition) is 2. The third kappa shape index (κ3) is 5.12. The molecule has 0 saturated heterocycles. The minimum atomic E-state index is -1.01. The number of rotatable bonds is 6. The van der Waals surface area contributed by atoms with Crippen molar-refractivity contribution in [2.75, 3.05) is 5.32 Å². The first-order valence-electron chi connectivity index (χ1n) is 8.56. The zero-order valence-corrected chi connectivity index (χ0v) is 16.2. The minimum absolute atomic E-state index is 0.165. The summed E-state index contributed by atoms with van der Waals surface area (Å²) in [5.74, 6) is -1.37. The first-order valence-corrected chi connectivity index (χ1v) is 9.32. The Morgan fingerprint density at radius 3 is 1.68 bits per heavy atom. The number of halogens is 2. The van der Waals surface area contributed by atoms with Crippen molar-refractivity contribution in [3.8, 4) is 0 Å². The summed E-state index contributed by atoms with van der Waals surface area (Å²) in [7, 11) is 0. The van der Waals surface area contributed by atoms with Crippen LogP contribution in [-0.4, -0.2) is 17.0 Å². The van der Waals surface area contributed by atoms with Crippen LogP contribution < -0.4 is 5.32 Å². The second-order valence-corrected chi connectivity index (χ2v) is 7.16. The lowest BCUT2D eigenvalue weighted by Crippen LogP contribution is -2.16. The molecule has 0 aliphatic carbocycles. The van der Waals surface area contributed by atoms with E-state index in [1.807, 2.05) is 24.3 Å². The summed E-state index contributed by atoms with van der Waals surface area (Å²) in [4.78, 5) is 23.6. The summed E-state index contributed by atoms with van der Waals surface area (Å²) in [5, 5.41) is 13.0. The molecular formula is C22H17Cl2NO3. The third-order valence-electron chi connectivity index (χ3n) is 4.35. The molecule has 28 heavy (non-hydrogen) atoms. The van der Waals surface area contributed by atoms with E-state index in [1.165, 1.54) is 12.1 Å². The monoisotopic (exact) mass is 413 g/mol. The number of carboxylic acids is 1. The van der Waals surface area contributed by atoms with Gasteiger partial charge in [0.15, 0.2) is 0 Å². The SMILES string of the molecule is O=C(CC(c1ccc(Cl)cc1)c1ccc(Cl)cc1)Nc1ccc(C(=O)O)cc1. The van der Waals surface area contributed by atoms with Crippen molar-refractivity contribution < 1.29 is 14.7 Å². The number of carbonyl (C=O) groups is 2. The molecule has 0 heterocycles. The number of hydrogen-bond acceptors (Lipinski definition) is 2. The Morgan fingerprint density at radius 1 is 0.786 bits per heavy atom. The van der Waals surface area contributed by atoms with Gasteiger partial charge in [0.1, 0.15) is 0 Å². The van der Waals surface area contributed by atoms with E-state index in [-0.39, 0.29) is 23.8 Å². The predicted octanol–water partition coefficient (Wildman–Crippen LogP) is 5.85. The van der Waals surface area contributed by atoms with Gasteiger partial charge in [0.25, 0.3) is 0 Å². The van der Waals surface area contributed by atoms with Gasteiger partial charge in [0.2, 0.25) is 5.91 Å². The fraction of sp³-hybridized carbons (Fsp3) is 0.0909. The number of anilines is 1. The first kappa shape index (κ1) is 19.9. The van der Waals surface area contributed by atoms with Gasteiger partial charge < -0.3 is 10.4 Å². The molecule has 4 nitrogen and oxygen atoms in total. The topological polar surface area (TPSA) is 66.4 Å². The average molecular weight is 414 g/mol. The molecule has 3 aromatic carbocycles. The predicted molar refractivity (Wildman–Crippen MR) is 111 cm³/mol. The van der Waals surface area contributed by atoms with E-state index in [1.54, 1.807) is 36.4 Å². The van der Waals surface area contributed by atoms with Crippen LogP contribution in [0, 0.1) is 0 Å². The van der Waals surface area contributed by atoms with Crippen molar-refractivity contribution in [1.82, 2.24) is 0 Å². The molecule has 0 aromatic heterocycles. The van der Waals surface area contributed by atoms with Crippen molar-refractivity contribution in [3.63, 3.8) is 0 Å². The lowest BCUT2D eigenvalue weighted by atomic mass is 9.88. The summed E-state index contributed by atoms with van der Waals surface area (Å²) in [6.07, 6.45) is 0.212.